The van der Waals surface area contributed by atoms with Crippen LogP contribution in [0.2, 0.25) is 0 Å². The summed E-state index contributed by atoms with van der Waals surface area (Å²) in [6.07, 6.45) is 1.04. The summed E-state index contributed by atoms with van der Waals surface area (Å²) in [7, 11) is 1.57. The van der Waals surface area contributed by atoms with Gasteiger partial charge in [-0.1, -0.05) is 20.3 Å². The fourth-order valence-electron chi connectivity index (χ4n) is 1.16. The van der Waals surface area contributed by atoms with Crippen LogP contribution in [0.1, 0.15) is 32.0 Å². The molecule has 1 aromatic heterocycles. The minimum atomic E-state index is -0.0431. The molecule has 1 rings (SSSR count). The zero-order valence-electron chi connectivity index (χ0n) is 8.90. The summed E-state index contributed by atoms with van der Waals surface area (Å²) >= 11 is 0. The van der Waals surface area contributed by atoms with Gasteiger partial charge < -0.3 is 10.5 Å². The van der Waals surface area contributed by atoms with Crippen LogP contribution in [0.4, 0.5) is 0 Å². The number of hydrogen-bond donors (Lipinski definition) is 1. The first-order valence-corrected chi connectivity index (χ1v) is 4.82. The number of hydrogen-bond acceptors (Lipinski definition) is 4. The third-order valence-corrected chi connectivity index (χ3v) is 2.47. The summed E-state index contributed by atoms with van der Waals surface area (Å²) in [5, 5.41) is 7.90. The fraction of sp³-hybridized carbons (Fsp3) is 0.600. The van der Waals surface area contributed by atoms with Crippen molar-refractivity contribution in [3.63, 3.8) is 0 Å². The van der Waals surface area contributed by atoms with E-state index in [4.69, 9.17) is 10.5 Å². The first-order valence-electron chi connectivity index (χ1n) is 4.82. The molecule has 0 aromatic carbocycles. The minimum Gasteiger partial charge on any atom is -0.480 e. The Kier molecular flexibility index (Phi) is 3.83. The lowest BCUT2D eigenvalue weighted by molar-refractivity contribution is 0.386. The van der Waals surface area contributed by atoms with Crippen LogP contribution in [0.15, 0.2) is 12.1 Å². The summed E-state index contributed by atoms with van der Waals surface area (Å²) in [4.78, 5) is 0. The van der Waals surface area contributed by atoms with Crippen molar-refractivity contribution in [1.82, 2.24) is 10.2 Å². The highest BCUT2D eigenvalue weighted by molar-refractivity contribution is 5.14. The Labute approximate surface area is 84.5 Å². The van der Waals surface area contributed by atoms with E-state index in [1.165, 1.54) is 0 Å². The lowest BCUT2D eigenvalue weighted by atomic mass is 9.97. The molecular formula is C10H17N3O. The number of nitrogens with two attached hydrogens (primary N) is 1. The van der Waals surface area contributed by atoms with Gasteiger partial charge in [-0.25, -0.2) is 0 Å². The van der Waals surface area contributed by atoms with E-state index in [1.54, 1.807) is 13.2 Å². The van der Waals surface area contributed by atoms with Crippen molar-refractivity contribution in [2.75, 3.05) is 7.11 Å². The van der Waals surface area contributed by atoms with E-state index >= 15 is 0 Å². The number of nitrogens with zero attached hydrogens (tertiary/aromatic N) is 2. The predicted octanol–water partition coefficient (Wildman–Crippen LogP) is 1.53. The second kappa shape index (κ2) is 4.91. The molecule has 1 aromatic rings. The molecule has 78 valence electrons. The van der Waals surface area contributed by atoms with E-state index in [2.05, 4.69) is 24.0 Å². The lowest BCUT2D eigenvalue weighted by Gasteiger charge is -2.16. The van der Waals surface area contributed by atoms with Crippen LogP contribution in [0, 0.1) is 5.92 Å². The summed E-state index contributed by atoms with van der Waals surface area (Å²) < 4.78 is 4.92. The Morgan fingerprint density at radius 1 is 1.43 bits per heavy atom. The molecule has 1 heterocycles. The van der Waals surface area contributed by atoms with Crippen molar-refractivity contribution in [3.05, 3.63) is 17.8 Å². The smallest absolute Gasteiger partial charge is 0.233 e. The van der Waals surface area contributed by atoms with E-state index < -0.39 is 0 Å². The Hall–Kier alpha value is -1.16. The first-order chi connectivity index (χ1) is 6.69. The molecule has 0 saturated carbocycles. The van der Waals surface area contributed by atoms with Crippen LogP contribution in [-0.4, -0.2) is 17.3 Å². The predicted molar refractivity (Wildman–Crippen MR) is 55.0 cm³/mol. The molecule has 0 saturated heterocycles. The highest BCUT2D eigenvalue weighted by Crippen LogP contribution is 2.20. The van der Waals surface area contributed by atoms with Crippen molar-refractivity contribution in [3.8, 4) is 5.88 Å². The third kappa shape index (κ3) is 2.42. The minimum absolute atomic E-state index is 0.0431. The van der Waals surface area contributed by atoms with Crippen molar-refractivity contribution >= 4 is 0 Å². The molecule has 2 N–H and O–H groups in total. The van der Waals surface area contributed by atoms with E-state index in [0.29, 0.717) is 11.8 Å². The maximum atomic E-state index is 6.00. The van der Waals surface area contributed by atoms with Gasteiger partial charge in [-0.15, -0.1) is 5.10 Å². The van der Waals surface area contributed by atoms with Gasteiger partial charge in [-0.2, -0.15) is 5.10 Å². The summed E-state index contributed by atoms with van der Waals surface area (Å²) in [6, 6.07) is 3.60. The SMILES string of the molecule is CCC(C)C(N)c1ccc(OC)nn1. The molecule has 4 heteroatoms. The van der Waals surface area contributed by atoms with Crippen LogP contribution in [0.3, 0.4) is 0 Å². The van der Waals surface area contributed by atoms with Gasteiger partial charge in [-0.3, -0.25) is 0 Å². The molecule has 2 unspecified atom stereocenters. The number of aromatic nitrogens is 2. The molecule has 0 radical (unpaired) electrons. The molecule has 0 spiro atoms. The standard InChI is InChI=1S/C10H17N3O/c1-4-7(2)10(11)8-5-6-9(14-3)13-12-8/h5-7,10H,4,11H2,1-3H3. The maximum Gasteiger partial charge on any atom is 0.233 e. The lowest BCUT2D eigenvalue weighted by Crippen LogP contribution is -2.20. The fourth-order valence-corrected chi connectivity index (χ4v) is 1.16. The molecule has 2 atom stereocenters. The number of rotatable bonds is 4. The first kappa shape index (κ1) is 10.9. The topological polar surface area (TPSA) is 61.0 Å². The van der Waals surface area contributed by atoms with E-state index in [-0.39, 0.29) is 6.04 Å². The zero-order valence-corrected chi connectivity index (χ0v) is 8.90. The summed E-state index contributed by atoms with van der Waals surface area (Å²) in [5.41, 5.74) is 6.82. The van der Waals surface area contributed by atoms with Gasteiger partial charge >= 0.3 is 0 Å². The van der Waals surface area contributed by atoms with Gasteiger partial charge in [0.25, 0.3) is 0 Å². The molecule has 0 bridgehead atoms. The second-order valence-electron chi connectivity index (χ2n) is 3.41. The molecule has 4 nitrogen and oxygen atoms in total. The molecule has 14 heavy (non-hydrogen) atoms. The average molecular weight is 195 g/mol. The zero-order chi connectivity index (χ0) is 10.6. The van der Waals surface area contributed by atoms with Gasteiger partial charge in [0.15, 0.2) is 0 Å². The average Bonchev–Trinajstić information content (AvgIpc) is 2.27. The maximum absolute atomic E-state index is 6.00. The van der Waals surface area contributed by atoms with E-state index in [1.807, 2.05) is 6.07 Å². The van der Waals surface area contributed by atoms with Gasteiger partial charge in [0, 0.05) is 6.07 Å². The van der Waals surface area contributed by atoms with E-state index in [9.17, 15) is 0 Å². The highest BCUT2D eigenvalue weighted by Gasteiger charge is 2.14. The van der Waals surface area contributed by atoms with Gasteiger partial charge in [-0.05, 0) is 12.0 Å². The quantitative estimate of drug-likeness (QED) is 0.791. The van der Waals surface area contributed by atoms with E-state index in [0.717, 1.165) is 12.1 Å². The Morgan fingerprint density at radius 2 is 2.14 bits per heavy atom. The summed E-state index contributed by atoms with van der Waals surface area (Å²) in [6.45, 7) is 4.22. The molecular weight excluding hydrogens is 178 g/mol. The normalized spacial score (nSPS) is 14.9. The largest absolute Gasteiger partial charge is 0.480 e. The molecule has 0 fully saturated rings. The van der Waals surface area contributed by atoms with Crippen LogP contribution in [0.5, 0.6) is 5.88 Å². The van der Waals surface area contributed by atoms with Gasteiger partial charge in [0.1, 0.15) is 0 Å². The summed E-state index contributed by atoms with van der Waals surface area (Å²) in [5.74, 6) is 0.933. The monoisotopic (exact) mass is 195 g/mol. The van der Waals surface area contributed by atoms with Crippen molar-refractivity contribution in [1.29, 1.82) is 0 Å². The molecule has 0 aliphatic rings. The van der Waals surface area contributed by atoms with Crippen molar-refractivity contribution in [2.45, 2.75) is 26.3 Å². The Bertz CT molecular complexity index is 273. The number of ether oxygens (including phenoxy) is 1. The van der Waals surface area contributed by atoms with Crippen LogP contribution < -0.4 is 10.5 Å². The second-order valence-corrected chi connectivity index (χ2v) is 3.41. The van der Waals surface area contributed by atoms with Gasteiger partial charge in [0.2, 0.25) is 5.88 Å². The Morgan fingerprint density at radius 3 is 2.57 bits per heavy atom. The molecule has 0 aliphatic carbocycles. The Balaban J connectivity index is 2.75. The molecule has 0 amide bonds. The third-order valence-electron chi connectivity index (χ3n) is 2.47. The van der Waals surface area contributed by atoms with Crippen LogP contribution in [0.25, 0.3) is 0 Å². The molecule has 0 aliphatic heterocycles. The van der Waals surface area contributed by atoms with Gasteiger partial charge in [0.05, 0.1) is 18.8 Å². The number of methoxy groups -OCH3 is 1. The highest BCUT2D eigenvalue weighted by atomic mass is 16.5. The van der Waals surface area contributed by atoms with Crippen molar-refractivity contribution < 1.29 is 4.74 Å². The van der Waals surface area contributed by atoms with Crippen molar-refractivity contribution in [2.24, 2.45) is 11.7 Å². The van der Waals surface area contributed by atoms with Crippen LogP contribution in [-0.2, 0) is 0 Å². The van der Waals surface area contributed by atoms with Crippen LogP contribution >= 0.6 is 0 Å².